The molecule has 0 amide bonds. The summed E-state index contributed by atoms with van der Waals surface area (Å²) in [6, 6.07) is 5.92. The smallest absolute Gasteiger partial charge is 0.219 e. The summed E-state index contributed by atoms with van der Waals surface area (Å²) in [6.45, 7) is 0. The first-order chi connectivity index (χ1) is 7.40. The number of hydrogen-bond donors (Lipinski definition) is 2. The molecule has 1 aliphatic rings. The molecule has 0 spiro atoms. The minimum atomic E-state index is 0.373. The lowest BCUT2D eigenvalue weighted by Crippen LogP contribution is -2.20. The second kappa shape index (κ2) is 2.75. The molecule has 2 N–H and O–H groups in total. The van der Waals surface area contributed by atoms with Gasteiger partial charge in [-0.2, -0.15) is 5.26 Å². The zero-order valence-corrected chi connectivity index (χ0v) is 7.73. The maximum Gasteiger partial charge on any atom is 0.219 e. The van der Waals surface area contributed by atoms with Gasteiger partial charge >= 0.3 is 0 Å². The van der Waals surface area contributed by atoms with E-state index in [0.717, 1.165) is 11.1 Å². The number of anilines is 1. The Labute approximate surface area is 85.6 Å². The van der Waals surface area contributed by atoms with E-state index in [9.17, 15) is 0 Å². The number of hydrogen-bond acceptors (Lipinski definition) is 4. The zero-order chi connectivity index (χ0) is 10.3. The van der Waals surface area contributed by atoms with Crippen molar-refractivity contribution in [3.8, 4) is 6.07 Å². The van der Waals surface area contributed by atoms with E-state index in [2.05, 4.69) is 21.9 Å². The Morgan fingerprint density at radius 2 is 2.40 bits per heavy atom. The van der Waals surface area contributed by atoms with E-state index in [1.165, 1.54) is 0 Å². The molecule has 0 saturated carbocycles. The molecule has 0 bridgehead atoms. The highest BCUT2D eigenvalue weighted by Crippen LogP contribution is 2.23. The summed E-state index contributed by atoms with van der Waals surface area (Å²) in [4.78, 5) is 4.21. The van der Waals surface area contributed by atoms with E-state index in [-0.39, 0.29) is 0 Å². The fraction of sp³-hybridized carbons (Fsp3) is 0. The Bertz CT molecular complexity index is 602. The molecule has 3 heterocycles. The van der Waals surface area contributed by atoms with Crippen molar-refractivity contribution < 1.29 is 0 Å². The van der Waals surface area contributed by atoms with Crippen molar-refractivity contribution in [2.45, 2.75) is 0 Å². The van der Waals surface area contributed by atoms with Crippen molar-refractivity contribution in [1.29, 1.82) is 5.26 Å². The van der Waals surface area contributed by atoms with Gasteiger partial charge in [-0.1, -0.05) is 0 Å². The minimum absolute atomic E-state index is 0.373. The van der Waals surface area contributed by atoms with Gasteiger partial charge in [0.2, 0.25) is 5.82 Å². The molecule has 0 saturated heterocycles. The fourth-order valence-corrected chi connectivity index (χ4v) is 1.70. The summed E-state index contributed by atoms with van der Waals surface area (Å²) >= 11 is 0. The summed E-state index contributed by atoms with van der Waals surface area (Å²) in [5.74, 6) is 1.05. The van der Waals surface area contributed by atoms with Crippen LogP contribution in [-0.4, -0.2) is 9.38 Å². The van der Waals surface area contributed by atoms with Crippen molar-refractivity contribution >= 4 is 17.4 Å². The third kappa shape index (κ3) is 0.987. The van der Waals surface area contributed by atoms with Crippen LogP contribution in [0.1, 0.15) is 11.4 Å². The number of nitrogens with zero attached hydrogens (tertiary/aromatic N) is 3. The van der Waals surface area contributed by atoms with E-state index in [1.807, 2.05) is 24.4 Å². The van der Waals surface area contributed by atoms with Gasteiger partial charge in [0.15, 0.2) is 5.82 Å². The van der Waals surface area contributed by atoms with Crippen LogP contribution in [0.15, 0.2) is 24.5 Å². The number of nitrogens with one attached hydrogen (secondary N) is 2. The summed E-state index contributed by atoms with van der Waals surface area (Å²) in [6.07, 6.45) is 5.55. The molecule has 1 aliphatic heterocycles. The molecule has 5 heteroatoms. The molecule has 0 unspecified atom stereocenters. The van der Waals surface area contributed by atoms with E-state index >= 15 is 0 Å². The third-order valence-corrected chi connectivity index (χ3v) is 2.35. The Morgan fingerprint density at radius 3 is 3.27 bits per heavy atom. The molecule has 0 radical (unpaired) electrons. The van der Waals surface area contributed by atoms with Crippen LogP contribution >= 0.6 is 0 Å². The largest absolute Gasteiger partial charge is 0.307 e. The van der Waals surface area contributed by atoms with Gasteiger partial charge in [0.25, 0.3) is 0 Å². The summed E-state index contributed by atoms with van der Waals surface area (Å²) in [7, 11) is 0. The zero-order valence-electron chi connectivity index (χ0n) is 7.73. The van der Waals surface area contributed by atoms with Gasteiger partial charge < -0.3 is 5.43 Å². The van der Waals surface area contributed by atoms with Gasteiger partial charge in [-0.05, 0) is 18.2 Å². The van der Waals surface area contributed by atoms with Gasteiger partial charge in [-0.3, -0.25) is 9.83 Å². The molecule has 0 fully saturated rings. The molecule has 0 aromatic carbocycles. The Balaban J connectivity index is 2.46. The highest BCUT2D eigenvalue weighted by molar-refractivity contribution is 5.79. The normalized spacial score (nSPS) is 12.7. The highest BCUT2D eigenvalue weighted by atomic mass is 15.4. The first-order valence-corrected chi connectivity index (χ1v) is 4.49. The van der Waals surface area contributed by atoms with Crippen LogP contribution in [0.3, 0.4) is 0 Å². The molecule has 72 valence electrons. The van der Waals surface area contributed by atoms with Crippen molar-refractivity contribution in [2.24, 2.45) is 0 Å². The van der Waals surface area contributed by atoms with Gasteiger partial charge in [0.05, 0.1) is 5.52 Å². The maximum absolute atomic E-state index is 8.96. The van der Waals surface area contributed by atoms with Crippen LogP contribution in [0.4, 0.5) is 5.82 Å². The maximum atomic E-state index is 8.96. The molecule has 0 atom stereocenters. The molecule has 5 nitrogen and oxygen atoms in total. The molecular formula is C10H7N5. The van der Waals surface area contributed by atoms with E-state index in [4.69, 9.17) is 5.26 Å². The van der Waals surface area contributed by atoms with Gasteiger partial charge in [0.1, 0.15) is 6.07 Å². The first kappa shape index (κ1) is 7.88. The first-order valence-electron chi connectivity index (χ1n) is 4.49. The van der Waals surface area contributed by atoms with Gasteiger partial charge in [-0.15, -0.1) is 0 Å². The number of nitriles is 1. The highest BCUT2D eigenvalue weighted by Gasteiger charge is 2.12. The van der Waals surface area contributed by atoms with Crippen LogP contribution in [0.2, 0.25) is 0 Å². The van der Waals surface area contributed by atoms with Gasteiger partial charge in [-0.25, -0.2) is 4.98 Å². The Kier molecular flexibility index (Phi) is 1.45. The predicted octanol–water partition coefficient (Wildman–Crippen LogP) is 1.11. The summed E-state index contributed by atoms with van der Waals surface area (Å²) in [5.41, 5.74) is 7.70. The molecule has 15 heavy (non-hydrogen) atoms. The van der Waals surface area contributed by atoms with Crippen LogP contribution in [-0.2, 0) is 0 Å². The van der Waals surface area contributed by atoms with E-state index in [0.29, 0.717) is 11.6 Å². The van der Waals surface area contributed by atoms with Crippen molar-refractivity contribution in [3.63, 3.8) is 0 Å². The fourth-order valence-electron chi connectivity index (χ4n) is 1.70. The third-order valence-electron chi connectivity index (χ3n) is 2.35. The van der Waals surface area contributed by atoms with Crippen molar-refractivity contribution in [2.75, 3.05) is 5.43 Å². The van der Waals surface area contributed by atoms with Crippen molar-refractivity contribution in [3.05, 3.63) is 35.9 Å². The predicted molar refractivity (Wildman–Crippen MR) is 55.7 cm³/mol. The lowest BCUT2D eigenvalue weighted by molar-refractivity contribution is 0.975. The Hall–Kier alpha value is -2.48. The lowest BCUT2D eigenvalue weighted by Gasteiger charge is -2.15. The minimum Gasteiger partial charge on any atom is -0.307 e. The van der Waals surface area contributed by atoms with Crippen molar-refractivity contribution in [1.82, 2.24) is 14.8 Å². The second-order valence-electron chi connectivity index (χ2n) is 3.18. The quantitative estimate of drug-likeness (QED) is 0.664. The molecule has 0 aliphatic carbocycles. The number of fused-ring (bicyclic) bond motifs is 3. The van der Waals surface area contributed by atoms with E-state index < -0.39 is 0 Å². The molecule has 2 aromatic heterocycles. The lowest BCUT2D eigenvalue weighted by atomic mass is 10.2. The molecule has 3 rings (SSSR count). The SMILES string of the molecule is N#Cc1nc2c(c3cccn13)C=CNN2. The summed E-state index contributed by atoms with van der Waals surface area (Å²) < 4.78 is 1.77. The van der Waals surface area contributed by atoms with E-state index in [1.54, 1.807) is 10.6 Å². The van der Waals surface area contributed by atoms with Gasteiger partial charge in [0, 0.05) is 18.0 Å². The number of aromatic nitrogens is 2. The summed E-state index contributed by atoms with van der Waals surface area (Å²) in [5, 5.41) is 8.96. The van der Waals surface area contributed by atoms with Crippen LogP contribution < -0.4 is 10.9 Å². The Morgan fingerprint density at radius 1 is 1.47 bits per heavy atom. The number of rotatable bonds is 0. The number of hydrazine groups is 1. The average Bonchev–Trinajstić information content (AvgIpc) is 2.77. The monoisotopic (exact) mass is 197 g/mol. The van der Waals surface area contributed by atoms with Crippen LogP contribution in [0.25, 0.3) is 11.6 Å². The second-order valence-corrected chi connectivity index (χ2v) is 3.18. The van der Waals surface area contributed by atoms with Crippen LogP contribution in [0, 0.1) is 11.3 Å². The topological polar surface area (TPSA) is 65.2 Å². The molecule has 2 aromatic rings. The van der Waals surface area contributed by atoms with Crippen LogP contribution in [0.5, 0.6) is 0 Å². The molecular weight excluding hydrogens is 190 g/mol. The standard InChI is InChI=1S/C10H7N5/c11-6-9-13-10-7(3-4-12-14-10)8-2-1-5-15(8)9/h1-5,12,14H. The average molecular weight is 197 g/mol.